The first-order chi connectivity index (χ1) is 16.8. The van der Waals surface area contributed by atoms with Crippen molar-refractivity contribution in [3.8, 4) is 0 Å². The van der Waals surface area contributed by atoms with Gasteiger partial charge in [0.15, 0.2) is 5.25 Å². The number of nitrogens with two attached hydrogens (primary N) is 2. The van der Waals surface area contributed by atoms with Crippen LogP contribution in [0.1, 0.15) is 85.5 Å². The number of azo groups is 1. The van der Waals surface area contributed by atoms with Crippen molar-refractivity contribution in [2.45, 2.75) is 90.7 Å². The fraction of sp³-hybridized carbons (Fsp3) is 0.818. The Morgan fingerprint density at radius 3 is 1.54 bits per heavy atom. The van der Waals surface area contributed by atoms with Gasteiger partial charge >= 0.3 is 53.6 Å². The van der Waals surface area contributed by atoms with E-state index >= 15 is 0 Å². The second-order valence-corrected chi connectivity index (χ2v) is 9.76. The van der Waals surface area contributed by atoms with Gasteiger partial charge in [0.05, 0.1) is 19.6 Å². The molecule has 0 spiro atoms. The molecule has 37 heavy (non-hydrogen) atoms. The maximum Gasteiger partial charge on any atom is 1.00 e. The predicted octanol–water partition coefficient (Wildman–Crippen LogP) is 0.410. The molecule has 0 heterocycles. The third-order valence-corrected chi connectivity index (χ3v) is 6.29. The molecule has 0 aliphatic rings. The summed E-state index contributed by atoms with van der Waals surface area (Å²) in [5, 5.41) is 3.17. The summed E-state index contributed by atoms with van der Waals surface area (Å²) in [5.41, 5.74) is 8.87. The number of hydrogen-bond acceptors (Lipinski definition) is 9. The summed E-state index contributed by atoms with van der Waals surface area (Å²) in [6.07, 6.45) is 6.58. The normalized spacial score (nSPS) is 13.3. The average Bonchev–Trinajstić information content (AvgIpc) is 2.81. The van der Waals surface area contributed by atoms with Crippen LogP contribution in [0.15, 0.2) is 10.2 Å². The molecule has 0 saturated carbocycles. The van der Waals surface area contributed by atoms with Gasteiger partial charge < -0.3 is 25.5 Å². The molecule has 0 radical (unpaired) electrons. The zero-order valence-corrected chi connectivity index (χ0v) is 25.5. The maximum atomic E-state index is 12.1. The summed E-state index contributed by atoms with van der Waals surface area (Å²) in [6.45, 7) is 8.26. The maximum absolute atomic E-state index is 12.1. The predicted molar refractivity (Wildman–Crippen MR) is 131 cm³/mol. The van der Waals surface area contributed by atoms with E-state index in [1.165, 1.54) is 0 Å². The van der Waals surface area contributed by atoms with Crippen molar-refractivity contribution in [1.82, 2.24) is 0 Å². The largest absolute Gasteiger partial charge is 1.00 e. The van der Waals surface area contributed by atoms with Crippen LogP contribution in [-0.4, -0.2) is 55.4 Å². The molecule has 3 unspecified atom stereocenters. The molecule has 0 aromatic heterocycles. The Labute approximate surface area is 241 Å². The van der Waals surface area contributed by atoms with E-state index < -0.39 is 45.8 Å². The van der Waals surface area contributed by atoms with Gasteiger partial charge in [-0.2, -0.15) is 0 Å². The second-order valence-electron chi connectivity index (χ2n) is 8.21. The van der Waals surface area contributed by atoms with Gasteiger partial charge in [-0.15, -0.1) is 0 Å². The van der Waals surface area contributed by atoms with Crippen LogP contribution in [0.5, 0.6) is 0 Å². The number of carbonyl (C=O) groups is 4. The summed E-state index contributed by atoms with van der Waals surface area (Å²) in [5.74, 6) is -1.74. The van der Waals surface area contributed by atoms with Crippen molar-refractivity contribution in [1.29, 1.82) is 0 Å². The van der Waals surface area contributed by atoms with E-state index in [1.807, 2.05) is 13.8 Å². The molecule has 0 aliphatic carbocycles. The monoisotopic (exact) mass is 560 g/mol. The number of hydrogen-bond donors (Lipinski definition) is 2. The topological polar surface area (TPSA) is 221 Å². The molecule has 4 amide bonds. The molecule has 210 valence electrons. The number of urea groups is 2. The van der Waals surface area contributed by atoms with Crippen LogP contribution in [0.3, 0.4) is 0 Å². The molecule has 4 N–H and O–H groups in total. The van der Waals surface area contributed by atoms with E-state index in [4.69, 9.17) is 9.47 Å². The Bertz CT molecular complexity index is 794. The molecule has 13 nitrogen and oxygen atoms in total. The van der Waals surface area contributed by atoms with Crippen LogP contribution in [0.25, 0.3) is 0 Å². The van der Waals surface area contributed by atoms with Crippen LogP contribution in [0, 0.1) is 11.8 Å². The first-order valence-electron chi connectivity index (χ1n) is 12.1. The Balaban J connectivity index is -0.00000110. The van der Waals surface area contributed by atoms with Gasteiger partial charge in [0.1, 0.15) is 10.1 Å². The molecule has 0 fully saturated rings. The van der Waals surface area contributed by atoms with E-state index in [9.17, 15) is 32.1 Å². The molecule has 0 rings (SSSR count). The number of primary amides is 2. The Morgan fingerprint density at radius 2 is 1.22 bits per heavy atom. The smallest absolute Gasteiger partial charge is 0.747 e. The minimum absolute atomic E-state index is 0. The SMILES string of the molecule is CCCCC(CC)COC(=O)CC(C(=O)OCC(CC)CCCC)S(=O)(=O)[O-].NC(=O)/N=N/C(N)=O.[Na+]. The molecular weight excluding hydrogens is 519 g/mol. The van der Waals surface area contributed by atoms with Crippen molar-refractivity contribution in [2.24, 2.45) is 33.5 Å². The molecule has 0 bridgehead atoms. The zero-order chi connectivity index (χ0) is 28.1. The van der Waals surface area contributed by atoms with E-state index in [0.717, 1.165) is 51.4 Å². The van der Waals surface area contributed by atoms with Gasteiger partial charge in [-0.3, -0.25) is 9.59 Å². The van der Waals surface area contributed by atoms with Crippen molar-refractivity contribution in [3.05, 3.63) is 0 Å². The first-order valence-corrected chi connectivity index (χ1v) is 13.6. The van der Waals surface area contributed by atoms with E-state index in [0.29, 0.717) is 0 Å². The number of unbranched alkanes of at least 4 members (excludes halogenated alkanes) is 2. The van der Waals surface area contributed by atoms with Crippen LogP contribution in [0.2, 0.25) is 0 Å². The molecule has 0 saturated heterocycles. The number of ether oxygens (including phenoxy) is 2. The summed E-state index contributed by atoms with van der Waals surface area (Å²) in [6, 6.07) is -2.08. The van der Waals surface area contributed by atoms with Crippen molar-refractivity contribution < 1.29 is 71.2 Å². The van der Waals surface area contributed by atoms with Crippen LogP contribution in [-0.2, 0) is 29.2 Å². The summed E-state index contributed by atoms with van der Waals surface area (Å²) < 4.78 is 44.6. The third-order valence-electron chi connectivity index (χ3n) is 5.24. The Morgan fingerprint density at radius 1 is 0.811 bits per heavy atom. The van der Waals surface area contributed by atoms with Crippen LogP contribution >= 0.6 is 0 Å². The van der Waals surface area contributed by atoms with E-state index in [-0.39, 0.29) is 54.6 Å². The third kappa shape index (κ3) is 23.3. The molecular formula is C22H41N4NaO9S. The fourth-order valence-corrected chi connectivity index (χ4v) is 3.56. The molecule has 15 heteroatoms. The Hall–Kier alpha value is -1.61. The summed E-state index contributed by atoms with van der Waals surface area (Å²) in [4.78, 5) is 43.5. The van der Waals surface area contributed by atoms with E-state index in [1.54, 1.807) is 0 Å². The first kappa shape index (κ1) is 39.9. The van der Waals surface area contributed by atoms with E-state index in [2.05, 4.69) is 35.5 Å². The van der Waals surface area contributed by atoms with Crippen LogP contribution in [0.4, 0.5) is 9.59 Å². The van der Waals surface area contributed by atoms with Crippen molar-refractivity contribution in [3.63, 3.8) is 0 Å². The number of nitrogens with zero attached hydrogens (tertiary/aromatic N) is 2. The standard InChI is InChI=1S/C20H38O7S.C2H4N4O2.Na/c1-5-9-11-16(7-3)14-26-19(21)13-18(28(23,24)25)20(22)27-15-17(8-4)12-10-6-2;3-1(7)5-6-2(4)8;/h16-18H,5-15H2,1-4H3,(H,23,24,25);(H2,3,7)(H2,4,8);/q;;+1/p-1/b;6-5+;. The van der Waals surface area contributed by atoms with Gasteiger partial charge in [-0.1, -0.05) is 76.4 Å². The van der Waals surface area contributed by atoms with Gasteiger partial charge in [0.25, 0.3) is 0 Å². The average molecular weight is 561 g/mol. The number of amides is 4. The number of rotatable bonds is 16. The minimum Gasteiger partial charge on any atom is -0.747 e. The Kier molecular flexibility index (Phi) is 25.3. The van der Waals surface area contributed by atoms with Crippen molar-refractivity contribution >= 4 is 34.1 Å². The van der Waals surface area contributed by atoms with Gasteiger partial charge in [-0.25, -0.2) is 18.0 Å². The molecule has 0 aromatic rings. The quantitative estimate of drug-likeness (QED) is 0.115. The molecule has 3 atom stereocenters. The molecule has 0 aliphatic heterocycles. The zero-order valence-electron chi connectivity index (χ0n) is 22.6. The summed E-state index contributed by atoms with van der Waals surface area (Å²) >= 11 is 0. The number of carbonyl (C=O) groups excluding carboxylic acids is 4. The summed E-state index contributed by atoms with van der Waals surface area (Å²) in [7, 11) is -5.01. The van der Waals surface area contributed by atoms with Crippen LogP contribution < -0.4 is 41.0 Å². The van der Waals surface area contributed by atoms with Crippen molar-refractivity contribution in [2.75, 3.05) is 13.2 Å². The molecule has 0 aromatic carbocycles. The number of esters is 2. The fourth-order valence-electron chi connectivity index (χ4n) is 2.91. The van der Waals surface area contributed by atoms with Gasteiger partial charge in [0, 0.05) is 0 Å². The minimum atomic E-state index is -5.01. The van der Waals surface area contributed by atoms with Gasteiger partial charge in [-0.05, 0) is 24.7 Å². The van der Waals surface area contributed by atoms with Gasteiger partial charge in [0.2, 0.25) is 0 Å². The second kappa shape index (κ2) is 23.5.